The highest BCUT2D eigenvalue weighted by Crippen LogP contribution is 2.24. The van der Waals surface area contributed by atoms with Crippen molar-refractivity contribution in [2.75, 3.05) is 6.54 Å². The van der Waals surface area contributed by atoms with Crippen molar-refractivity contribution in [3.05, 3.63) is 0 Å². The number of hydrogen-bond acceptors (Lipinski definition) is 3. The minimum atomic E-state index is -1.43. The van der Waals surface area contributed by atoms with E-state index in [2.05, 4.69) is 10.6 Å². The fourth-order valence-electron chi connectivity index (χ4n) is 1.10. The number of carbonyl (C=O) groups is 3. The lowest BCUT2D eigenvalue weighted by Crippen LogP contribution is -2.49. The average molecular weight is 274 g/mol. The van der Waals surface area contributed by atoms with Crippen LogP contribution in [0.5, 0.6) is 0 Å². The Morgan fingerprint density at radius 3 is 2.05 bits per heavy atom. The van der Waals surface area contributed by atoms with Gasteiger partial charge in [-0.1, -0.05) is 27.7 Å². The van der Waals surface area contributed by atoms with Gasteiger partial charge in [-0.3, -0.25) is 4.79 Å². The van der Waals surface area contributed by atoms with E-state index >= 15 is 0 Å². The van der Waals surface area contributed by atoms with E-state index in [1.807, 2.05) is 27.7 Å². The van der Waals surface area contributed by atoms with Gasteiger partial charge in [0, 0.05) is 6.54 Å². The molecule has 0 radical (unpaired) electrons. The zero-order chi connectivity index (χ0) is 15.2. The third-order valence-corrected chi connectivity index (χ3v) is 3.25. The lowest BCUT2D eigenvalue weighted by atomic mass is 9.81. The number of rotatable bonds is 7. The summed E-state index contributed by atoms with van der Waals surface area (Å²) in [5.41, 5.74) is -0.136. The Balaban J connectivity index is 4.36. The van der Waals surface area contributed by atoms with Gasteiger partial charge >= 0.3 is 18.0 Å². The quantitative estimate of drug-likeness (QED) is 0.550. The van der Waals surface area contributed by atoms with Crippen molar-refractivity contribution in [2.24, 2.45) is 11.3 Å². The second-order valence-electron chi connectivity index (χ2n) is 5.46. The van der Waals surface area contributed by atoms with Gasteiger partial charge in [0.2, 0.25) is 0 Å². The van der Waals surface area contributed by atoms with E-state index < -0.39 is 30.4 Å². The van der Waals surface area contributed by atoms with Crippen molar-refractivity contribution < 1.29 is 24.6 Å². The molecule has 0 spiro atoms. The topological polar surface area (TPSA) is 116 Å². The van der Waals surface area contributed by atoms with Gasteiger partial charge in [-0.25, -0.2) is 9.59 Å². The molecule has 0 bridgehead atoms. The zero-order valence-electron chi connectivity index (χ0n) is 11.7. The minimum absolute atomic E-state index is 0.136. The fourth-order valence-corrected chi connectivity index (χ4v) is 1.10. The number of aliphatic carboxylic acids is 2. The maximum atomic E-state index is 11.5. The Morgan fingerprint density at radius 2 is 1.68 bits per heavy atom. The Bertz CT molecular complexity index is 352. The van der Waals surface area contributed by atoms with Crippen molar-refractivity contribution in [2.45, 2.75) is 40.2 Å². The molecule has 0 saturated carbocycles. The summed E-state index contributed by atoms with van der Waals surface area (Å²) >= 11 is 0. The lowest BCUT2D eigenvalue weighted by molar-refractivity contribution is -0.145. The van der Waals surface area contributed by atoms with Crippen LogP contribution >= 0.6 is 0 Å². The van der Waals surface area contributed by atoms with Crippen LogP contribution in [0.4, 0.5) is 4.79 Å². The molecule has 0 aromatic rings. The van der Waals surface area contributed by atoms with Gasteiger partial charge in [0.1, 0.15) is 6.04 Å². The van der Waals surface area contributed by atoms with Crippen LogP contribution in [0.3, 0.4) is 0 Å². The number of amides is 2. The third kappa shape index (κ3) is 6.64. The van der Waals surface area contributed by atoms with Gasteiger partial charge in [-0.2, -0.15) is 0 Å². The molecule has 2 amide bonds. The van der Waals surface area contributed by atoms with Gasteiger partial charge in [0.15, 0.2) is 0 Å². The largest absolute Gasteiger partial charge is 0.481 e. The molecule has 0 aliphatic rings. The summed E-state index contributed by atoms with van der Waals surface area (Å²) in [4.78, 5) is 32.8. The van der Waals surface area contributed by atoms with E-state index in [1.165, 1.54) is 0 Å². The zero-order valence-corrected chi connectivity index (χ0v) is 11.7. The van der Waals surface area contributed by atoms with E-state index in [-0.39, 0.29) is 5.41 Å². The smallest absolute Gasteiger partial charge is 0.326 e. The second-order valence-corrected chi connectivity index (χ2v) is 5.46. The van der Waals surface area contributed by atoms with Crippen molar-refractivity contribution in [3.8, 4) is 0 Å². The fraction of sp³-hybridized carbons (Fsp3) is 0.750. The molecule has 0 rings (SSSR count). The maximum Gasteiger partial charge on any atom is 0.326 e. The highest BCUT2D eigenvalue weighted by atomic mass is 16.4. The first kappa shape index (κ1) is 17.2. The summed E-state index contributed by atoms with van der Waals surface area (Å²) in [5.74, 6) is -2.32. The van der Waals surface area contributed by atoms with Crippen LogP contribution < -0.4 is 10.6 Å². The van der Waals surface area contributed by atoms with Crippen molar-refractivity contribution in [1.29, 1.82) is 0 Å². The first-order valence-electron chi connectivity index (χ1n) is 6.05. The van der Waals surface area contributed by atoms with E-state index in [0.29, 0.717) is 12.5 Å². The van der Waals surface area contributed by atoms with Crippen molar-refractivity contribution in [3.63, 3.8) is 0 Å². The summed E-state index contributed by atoms with van der Waals surface area (Å²) < 4.78 is 0. The predicted octanol–water partition coefficient (Wildman–Crippen LogP) is 0.896. The monoisotopic (exact) mass is 274 g/mol. The molecule has 1 atom stereocenters. The number of hydrogen-bond donors (Lipinski definition) is 4. The predicted molar refractivity (Wildman–Crippen MR) is 68.8 cm³/mol. The number of nitrogens with one attached hydrogen (secondary N) is 2. The van der Waals surface area contributed by atoms with Crippen molar-refractivity contribution in [1.82, 2.24) is 10.6 Å². The lowest BCUT2D eigenvalue weighted by Gasteiger charge is -2.29. The molecule has 0 saturated heterocycles. The third-order valence-electron chi connectivity index (χ3n) is 3.25. The average Bonchev–Trinajstić information content (AvgIpc) is 2.24. The summed E-state index contributed by atoms with van der Waals surface area (Å²) in [6.07, 6.45) is -0.656. The molecule has 7 nitrogen and oxygen atoms in total. The molecule has 4 N–H and O–H groups in total. The number of urea groups is 1. The van der Waals surface area contributed by atoms with Crippen LogP contribution in [-0.2, 0) is 9.59 Å². The summed E-state index contributed by atoms with van der Waals surface area (Å²) in [5, 5.41) is 22.0. The SMILES string of the molecule is CC(C)C(C)(C)CNC(=O)N[C@@H](CC(=O)O)C(=O)O. The Hall–Kier alpha value is -1.79. The first-order chi connectivity index (χ1) is 8.56. The number of carbonyl (C=O) groups excluding carboxylic acids is 1. The standard InChI is InChI=1S/C12H22N2O5/c1-7(2)12(3,4)6-13-11(19)14-8(10(17)18)5-9(15)16/h7-8H,5-6H2,1-4H3,(H,15,16)(H,17,18)(H2,13,14,19)/t8-/m0/s1. The molecular weight excluding hydrogens is 252 g/mol. The normalized spacial score (nSPS) is 12.9. The summed E-state index contributed by atoms with van der Waals surface area (Å²) in [6, 6.07) is -2.11. The molecule has 0 heterocycles. The Morgan fingerprint density at radius 1 is 1.16 bits per heavy atom. The highest BCUT2D eigenvalue weighted by molar-refractivity contribution is 5.86. The minimum Gasteiger partial charge on any atom is -0.481 e. The van der Waals surface area contributed by atoms with Crippen LogP contribution in [0.25, 0.3) is 0 Å². The van der Waals surface area contributed by atoms with Gasteiger partial charge < -0.3 is 20.8 Å². The number of carboxylic acids is 2. The summed E-state index contributed by atoms with van der Waals surface area (Å²) in [7, 11) is 0. The van der Waals surface area contributed by atoms with Crippen LogP contribution in [-0.4, -0.2) is 40.8 Å². The van der Waals surface area contributed by atoms with Crippen LogP contribution in [0, 0.1) is 11.3 Å². The molecular formula is C12H22N2O5. The van der Waals surface area contributed by atoms with Crippen molar-refractivity contribution >= 4 is 18.0 Å². The molecule has 0 aromatic carbocycles. The van der Waals surface area contributed by atoms with Gasteiger partial charge in [0.05, 0.1) is 6.42 Å². The molecule has 19 heavy (non-hydrogen) atoms. The van der Waals surface area contributed by atoms with Crippen LogP contribution in [0.15, 0.2) is 0 Å². The van der Waals surface area contributed by atoms with E-state index in [0.717, 1.165) is 0 Å². The number of carboxylic acid groups (broad SMARTS) is 2. The van der Waals surface area contributed by atoms with Crippen LogP contribution in [0.2, 0.25) is 0 Å². The molecule has 110 valence electrons. The second kappa shape index (κ2) is 6.96. The Labute approximate surface area is 112 Å². The van der Waals surface area contributed by atoms with Gasteiger partial charge in [0.25, 0.3) is 0 Å². The summed E-state index contributed by atoms with van der Waals surface area (Å²) in [6.45, 7) is 8.36. The van der Waals surface area contributed by atoms with Crippen LogP contribution in [0.1, 0.15) is 34.1 Å². The molecule has 0 aliphatic carbocycles. The Kier molecular flexibility index (Phi) is 6.31. The molecule has 0 fully saturated rings. The van der Waals surface area contributed by atoms with E-state index in [9.17, 15) is 14.4 Å². The van der Waals surface area contributed by atoms with Gasteiger partial charge in [-0.05, 0) is 11.3 Å². The molecule has 0 aromatic heterocycles. The molecule has 0 aliphatic heterocycles. The van der Waals surface area contributed by atoms with E-state index in [1.54, 1.807) is 0 Å². The molecule has 7 heteroatoms. The molecule has 0 unspecified atom stereocenters. The maximum absolute atomic E-state index is 11.5. The van der Waals surface area contributed by atoms with E-state index in [4.69, 9.17) is 10.2 Å². The van der Waals surface area contributed by atoms with Gasteiger partial charge in [-0.15, -0.1) is 0 Å². The first-order valence-corrected chi connectivity index (χ1v) is 6.05. The highest BCUT2D eigenvalue weighted by Gasteiger charge is 2.26.